The van der Waals surface area contributed by atoms with E-state index in [4.69, 9.17) is 16.3 Å². The number of ether oxygens (including phenoxy) is 1. The van der Waals surface area contributed by atoms with E-state index in [1.807, 2.05) is 18.2 Å². The number of thiophene rings is 1. The van der Waals surface area contributed by atoms with Gasteiger partial charge in [0.2, 0.25) is 0 Å². The highest BCUT2D eigenvalue weighted by atomic mass is 35.5. The Kier molecular flexibility index (Phi) is 5.62. The first kappa shape index (κ1) is 19.6. The van der Waals surface area contributed by atoms with Crippen LogP contribution in [0.15, 0.2) is 65.7 Å². The van der Waals surface area contributed by atoms with Crippen LogP contribution in [0.4, 0.5) is 4.39 Å². The van der Waals surface area contributed by atoms with Crippen molar-refractivity contribution in [3.63, 3.8) is 0 Å². The monoisotopic (exact) mass is 430 g/mol. The zero-order chi connectivity index (χ0) is 20.4. The van der Waals surface area contributed by atoms with E-state index in [-0.39, 0.29) is 24.5 Å². The Bertz CT molecular complexity index is 1190. The highest BCUT2D eigenvalue weighted by Crippen LogP contribution is 2.31. The molecule has 2 aromatic carbocycles. The minimum absolute atomic E-state index is 0.0312. The van der Waals surface area contributed by atoms with E-state index in [2.05, 4.69) is 4.98 Å². The number of hydrogen-bond donors (Lipinski definition) is 1. The first-order chi connectivity index (χ1) is 14.0. The molecule has 0 aliphatic rings. The second-order valence-electron chi connectivity index (χ2n) is 6.45. The Hall–Kier alpha value is -2.74. The third-order valence-electron chi connectivity index (χ3n) is 4.30. The molecule has 0 aliphatic carbocycles. The Morgan fingerprint density at radius 2 is 1.90 bits per heavy atom. The average Bonchev–Trinajstić information content (AvgIpc) is 3.15. The molecule has 0 bridgehead atoms. The highest BCUT2D eigenvalue weighted by Gasteiger charge is 2.13. The quantitative estimate of drug-likeness (QED) is 0.493. The van der Waals surface area contributed by atoms with Gasteiger partial charge in [-0.25, -0.2) is 9.37 Å². The van der Waals surface area contributed by atoms with Crippen molar-refractivity contribution >= 4 is 33.2 Å². The second-order valence-corrected chi connectivity index (χ2v) is 7.94. The van der Waals surface area contributed by atoms with E-state index >= 15 is 0 Å². The molecule has 0 saturated heterocycles. The molecule has 0 radical (unpaired) electrons. The average molecular weight is 431 g/mol. The minimum Gasteiger partial charge on any atom is -0.491 e. The summed E-state index contributed by atoms with van der Waals surface area (Å²) in [5, 5.41) is 10.9. The van der Waals surface area contributed by atoms with Gasteiger partial charge in [0.05, 0.1) is 18.4 Å². The number of rotatable bonds is 6. The molecule has 2 aromatic heterocycles. The Morgan fingerprint density at radius 3 is 2.62 bits per heavy atom. The van der Waals surface area contributed by atoms with Crippen molar-refractivity contribution < 1.29 is 14.2 Å². The smallest absolute Gasteiger partial charge is 0.271 e. The molecule has 5 nitrogen and oxygen atoms in total. The van der Waals surface area contributed by atoms with Crippen molar-refractivity contribution in [2.75, 3.05) is 6.61 Å². The van der Waals surface area contributed by atoms with Crippen molar-refractivity contribution in [2.24, 2.45) is 0 Å². The molecule has 0 saturated carbocycles. The van der Waals surface area contributed by atoms with Crippen molar-refractivity contribution in [1.29, 1.82) is 0 Å². The molecule has 4 rings (SSSR count). The number of aliphatic hydroxyl groups excluding tert-OH is 1. The first-order valence-corrected chi connectivity index (χ1v) is 10.0. The van der Waals surface area contributed by atoms with Crippen LogP contribution < -0.4 is 10.3 Å². The molecule has 29 heavy (non-hydrogen) atoms. The van der Waals surface area contributed by atoms with Crippen molar-refractivity contribution in [1.82, 2.24) is 9.55 Å². The van der Waals surface area contributed by atoms with E-state index in [9.17, 15) is 14.3 Å². The molecule has 148 valence electrons. The molecular formula is C21H16ClFN2O3S. The van der Waals surface area contributed by atoms with E-state index < -0.39 is 6.10 Å². The summed E-state index contributed by atoms with van der Waals surface area (Å²) in [6, 6.07) is 14.7. The SMILES string of the molecule is O=c1c2sc(-c3ccc(Cl)cc3)cc2ncn1CC(O)COc1ccc(F)cc1. The van der Waals surface area contributed by atoms with E-state index in [0.29, 0.717) is 21.0 Å². The summed E-state index contributed by atoms with van der Waals surface area (Å²) in [7, 11) is 0. The highest BCUT2D eigenvalue weighted by molar-refractivity contribution is 7.22. The Labute approximate surface area is 174 Å². The fraction of sp³-hybridized carbons (Fsp3) is 0.143. The van der Waals surface area contributed by atoms with E-state index in [0.717, 1.165) is 10.4 Å². The largest absolute Gasteiger partial charge is 0.491 e. The third kappa shape index (κ3) is 4.48. The summed E-state index contributed by atoms with van der Waals surface area (Å²) >= 11 is 7.28. The minimum atomic E-state index is -0.923. The first-order valence-electron chi connectivity index (χ1n) is 8.81. The van der Waals surface area contributed by atoms with Gasteiger partial charge in [-0.1, -0.05) is 23.7 Å². The molecule has 2 heterocycles. The van der Waals surface area contributed by atoms with E-state index in [1.54, 1.807) is 12.1 Å². The molecule has 0 amide bonds. The van der Waals surface area contributed by atoms with Crippen LogP contribution in [0.3, 0.4) is 0 Å². The lowest BCUT2D eigenvalue weighted by Gasteiger charge is -2.13. The second kappa shape index (κ2) is 8.32. The van der Waals surface area contributed by atoms with Gasteiger partial charge in [0.1, 0.15) is 29.0 Å². The topological polar surface area (TPSA) is 64.4 Å². The Morgan fingerprint density at radius 1 is 1.17 bits per heavy atom. The van der Waals surface area contributed by atoms with Crippen molar-refractivity contribution in [3.8, 4) is 16.2 Å². The lowest BCUT2D eigenvalue weighted by Crippen LogP contribution is -2.30. The normalized spacial score (nSPS) is 12.2. The maximum absolute atomic E-state index is 12.9. The molecule has 1 unspecified atom stereocenters. The number of fused-ring (bicyclic) bond motifs is 1. The van der Waals surface area contributed by atoms with Crippen LogP contribution in [-0.4, -0.2) is 27.4 Å². The van der Waals surface area contributed by atoms with Crippen LogP contribution in [0.25, 0.3) is 20.7 Å². The van der Waals surface area contributed by atoms with Crippen LogP contribution in [0.5, 0.6) is 5.75 Å². The van der Waals surface area contributed by atoms with Gasteiger partial charge in [0, 0.05) is 9.90 Å². The fourth-order valence-corrected chi connectivity index (χ4v) is 4.03. The number of halogens is 2. The predicted octanol–water partition coefficient (Wildman–Crippen LogP) is 4.36. The van der Waals surface area contributed by atoms with Crippen LogP contribution in [0, 0.1) is 5.82 Å². The van der Waals surface area contributed by atoms with Gasteiger partial charge in [0.25, 0.3) is 5.56 Å². The Balaban J connectivity index is 1.50. The van der Waals surface area contributed by atoms with Gasteiger partial charge in [0.15, 0.2) is 0 Å². The van der Waals surface area contributed by atoms with Crippen molar-refractivity contribution in [3.05, 3.63) is 82.1 Å². The lowest BCUT2D eigenvalue weighted by molar-refractivity contribution is 0.0914. The van der Waals surface area contributed by atoms with Crippen LogP contribution >= 0.6 is 22.9 Å². The van der Waals surface area contributed by atoms with Crippen LogP contribution in [0.2, 0.25) is 5.02 Å². The predicted molar refractivity (Wildman–Crippen MR) is 112 cm³/mol. The number of benzene rings is 2. The zero-order valence-corrected chi connectivity index (χ0v) is 16.7. The summed E-state index contributed by atoms with van der Waals surface area (Å²) in [5.74, 6) is 0.0787. The van der Waals surface area contributed by atoms with Gasteiger partial charge in [-0.3, -0.25) is 9.36 Å². The molecule has 0 spiro atoms. The maximum Gasteiger partial charge on any atom is 0.271 e. The van der Waals surface area contributed by atoms with Gasteiger partial charge in [-0.2, -0.15) is 0 Å². The maximum atomic E-state index is 12.9. The molecule has 8 heteroatoms. The molecule has 0 aliphatic heterocycles. The number of aliphatic hydroxyl groups is 1. The molecular weight excluding hydrogens is 415 g/mol. The number of nitrogens with zero attached hydrogens (tertiary/aromatic N) is 2. The third-order valence-corrected chi connectivity index (χ3v) is 5.71. The summed E-state index contributed by atoms with van der Waals surface area (Å²) < 4.78 is 20.2. The lowest BCUT2D eigenvalue weighted by atomic mass is 10.2. The summed E-state index contributed by atoms with van der Waals surface area (Å²) in [6.07, 6.45) is 0.497. The van der Waals surface area contributed by atoms with E-state index in [1.165, 1.54) is 46.5 Å². The van der Waals surface area contributed by atoms with Gasteiger partial charge >= 0.3 is 0 Å². The summed E-state index contributed by atoms with van der Waals surface area (Å²) in [5.41, 5.74) is 1.34. The van der Waals surface area contributed by atoms with Gasteiger partial charge in [-0.05, 0) is 48.0 Å². The fourth-order valence-electron chi connectivity index (χ4n) is 2.83. The zero-order valence-electron chi connectivity index (χ0n) is 15.1. The standard InChI is InChI=1S/C21H16ClFN2O3S/c22-14-3-1-13(2-4-14)19-9-18-20(29-19)21(27)25(12-24-18)10-16(26)11-28-17-7-5-15(23)6-8-17/h1-9,12,16,26H,10-11H2. The van der Waals surface area contributed by atoms with Gasteiger partial charge in [-0.15, -0.1) is 11.3 Å². The van der Waals surface area contributed by atoms with Crippen molar-refractivity contribution in [2.45, 2.75) is 12.6 Å². The number of hydrogen-bond acceptors (Lipinski definition) is 5. The molecule has 1 N–H and O–H groups in total. The van der Waals surface area contributed by atoms with Crippen LogP contribution in [0.1, 0.15) is 0 Å². The van der Waals surface area contributed by atoms with Gasteiger partial charge < -0.3 is 9.84 Å². The molecule has 0 fully saturated rings. The molecule has 1 atom stereocenters. The summed E-state index contributed by atoms with van der Waals surface area (Å²) in [6.45, 7) is 0.00766. The molecule has 4 aromatic rings. The summed E-state index contributed by atoms with van der Waals surface area (Å²) in [4.78, 5) is 18.0. The van der Waals surface area contributed by atoms with Crippen LogP contribution in [-0.2, 0) is 6.54 Å². The number of aromatic nitrogens is 2.